The van der Waals surface area contributed by atoms with Crippen molar-refractivity contribution in [3.05, 3.63) is 62.7 Å². The average Bonchev–Trinajstić information content (AvgIpc) is 3.00. The zero-order chi connectivity index (χ0) is 30.7. The molecule has 0 saturated carbocycles. The summed E-state index contributed by atoms with van der Waals surface area (Å²) in [6.45, 7) is 7.13. The minimum atomic E-state index is -0.847. The molecule has 1 aromatic carbocycles. The lowest BCUT2D eigenvalue weighted by atomic mass is 9.67. The number of hydrogen-bond donors (Lipinski definition) is 2. The van der Waals surface area contributed by atoms with Crippen LogP contribution in [0.1, 0.15) is 67.7 Å². The predicted octanol–water partition coefficient (Wildman–Crippen LogP) is 4.49. The number of amides is 1. The Morgan fingerprint density at radius 2 is 1.95 bits per heavy atom. The number of nitrogens with zero attached hydrogens (tertiary/aromatic N) is 4. The number of H-pyrrole nitrogens is 1. The molecule has 234 valence electrons. The largest absolute Gasteiger partial charge is 0.453 e. The second-order valence-electron chi connectivity index (χ2n) is 12.5. The van der Waals surface area contributed by atoms with Gasteiger partial charge in [-0.1, -0.05) is 18.2 Å². The lowest BCUT2D eigenvalue weighted by Gasteiger charge is -2.45. The molecule has 43 heavy (non-hydrogen) atoms. The number of aryl methyl sites for hydroxylation is 2. The number of aliphatic hydroxyl groups excluding tert-OH is 1. The third kappa shape index (κ3) is 6.30. The molecule has 2 fully saturated rings. The van der Waals surface area contributed by atoms with E-state index in [4.69, 9.17) is 9.72 Å². The monoisotopic (exact) mass is 595 g/mol. The van der Waals surface area contributed by atoms with Gasteiger partial charge in [0.1, 0.15) is 11.6 Å². The van der Waals surface area contributed by atoms with E-state index in [9.17, 15) is 14.7 Å². The number of aromatic nitrogens is 2. The number of benzene rings is 1. The number of methoxy groups -OCH3 is 1. The topological polar surface area (TPSA) is 102 Å². The van der Waals surface area contributed by atoms with Crippen LogP contribution in [-0.4, -0.2) is 79.1 Å². The van der Waals surface area contributed by atoms with Crippen LogP contribution in [0.5, 0.6) is 0 Å². The first-order chi connectivity index (χ1) is 20.7. The van der Waals surface area contributed by atoms with Crippen molar-refractivity contribution < 1.29 is 19.0 Å². The van der Waals surface area contributed by atoms with Gasteiger partial charge in [0.2, 0.25) is 5.95 Å². The molecular formula is C33H46FN5O4. The highest BCUT2D eigenvalue weighted by Crippen LogP contribution is 2.43. The SMILES string of the molecule is C/C=C/C(O)C1(c2c(C)cc(CCC3CCN(C(=O)OC)CC3)cc2F)CCN(c2nc3c(c(=O)[nH]2)CCCN3C)CC1. The number of anilines is 2. The van der Waals surface area contributed by atoms with Gasteiger partial charge in [-0.05, 0) is 93.9 Å². The van der Waals surface area contributed by atoms with E-state index in [1.165, 1.54) is 7.11 Å². The number of aliphatic hydroxyl groups is 1. The van der Waals surface area contributed by atoms with Crippen LogP contribution in [0.3, 0.4) is 0 Å². The second kappa shape index (κ2) is 13.1. The minimum Gasteiger partial charge on any atom is -0.453 e. The quantitative estimate of drug-likeness (QED) is 0.455. The fraction of sp³-hybridized carbons (Fsp3) is 0.606. The Kier molecular flexibility index (Phi) is 9.44. The van der Waals surface area contributed by atoms with Gasteiger partial charge in [-0.2, -0.15) is 4.98 Å². The van der Waals surface area contributed by atoms with Crippen LogP contribution < -0.4 is 15.4 Å². The fourth-order valence-corrected chi connectivity index (χ4v) is 7.44. The van der Waals surface area contributed by atoms with Crippen LogP contribution in [-0.2, 0) is 23.0 Å². The van der Waals surface area contributed by atoms with Crippen LogP contribution in [0, 0.1) is 18.7 Å². The lowest BCUT2D eigenvalue weighted by Crippen LogP contribution is -2.50. The molecule has 5 rings (SSSR count). The fourth-order valence-electron chi connectivity index (χ4n) is 7.44. The molecule has 0 aliphatic carbocycles. The summed E-state index contributed by atoms with van der Waals surface area (Å²) >= 11 is 0. The zero-order valence-corrected chi connectivity index (χ0v) is 26.0. The molecule has 2 saturated heterocycles. The molecule has 1 aromatic heterocycles. The number of allylic oxidation sites excluding steroid dienone is 1. The van der Waals surface area contributed by atoms with Crippen molar-refractivity contribution in [2.75, 3.05) is 56.7 Å². The molecule has 10 heteroatoms. The van der Waals surface area contributed by atoms with Gasteiger partial charge in [0.25, 0.3) is 5.56 Å². The van der Waals surface area contributed by atoms with E-state index in [-0.39, 0.29) is 17.5 Å². The van der Waals surface area contributed by atoms with Crippen molar-refractivity contribution in [2.45, 2.75) is 76.7 Å². The molecule has 1 atom stereocenters. The van der Waals surface area contributed by atoms with E-state index in [1.807, 2.05) is 31.9 Å². The number of carbonyl (C=O) groups excluding carboxylic acids is 1. The maximum atomic E-state index is 16.1. The molecule has 1 unspecified atom stereocenters. The van der Waals surface area contributed by atoms with Crippen molar-refractivity contribution in [1.29, 1.82) is 0 Å². The molecule has 3 aliphatic heterocycles. The smallest absolute Gasteiger partial charge is 0.409 e. The van der Waals surface area contributed by atoms with Gasteiger partial charge >= 0.3 is 6.09 Å². The number of carbonyl (C=O) groups is 1. The van der Waals surface area contributed by atoms with Gasteiger partial charge in [-0.25, -0.2) is 9.18 Å². The molecule has 2 N–H and O–H groups in total. The first kappa shape index (κ1) is 31.0. The number of likely N-dealkylation sites (tertiary alicyclic amines) is 1. The highest BCUT2D eigenvalue weighted by atomic mass is 19.1. The van der Waals surface area contributed by atoms with Crippen molar-refractivity contribution in [1.82, 2.24) is 14.9 Å². The Balaban J connectivity index is 1.32. The summed E-state index contributed by atoms with van der Waals surface area (Å²) in [5, 5.41) is 11.5. The number of ether oxygens (including phenoxy) is 1. The molecule has 4 heterocycles. The molecule has 1 amide bonds. The highest BCUT2D eigenvalue weighted by molar-refractivity contribution is 5.67. The highest BCUT2D eigenvalue weighted by Gasteiger charge is 2.44. The summed E-state index contributed by atoms with van der Waals surface area (Å²) in [5.74, 6) is 1.49. The van der Waals surface area contributed by atoms with E-state index in [0.717, 1.165) is 67.6 Å². The van der Waals surface area contributed by atoms with E-state index in [2.05, 4.69) is 16.0 Å². The van der Waals surface area contributed by atoms with Crippen LogP contribution in [0.4, 0.5) is 21.0 Å². The number of halogens is 1. The average molecular weight is 596 g/mol. The number of hydrogen-bond acceptors (Lipinski definition) is 7. The molecule has 0 radical (unpaired) electrons. The Labute approximate surface area is 253 Å². The Bertz CT molecular complexity index is 1370. The Morgan fingerprint density at radius 3 is 2.60 bits per heavy atom. The number of piperidine rings is 2. The standard InChI is InChI=1S/C33H46FN5O4/c1-5-7-27(40)33(13-18-38(19-14-33)31-35-29-25(30(41)36-31)8-6-15-37(29)3)28-22(2)20-24(21-26(28)34)10-9-23-11-16-39(17-12-23)32(42)43-4/h5,7,20-21,23,27,40H,6,8-19H2,1-4H3,(H,35,36,41)/b7-5+. The number of rotatable bonds is 7. The van der Waals surface area contributed by atoms with Crippen molar-refractivity contribution in [3.8, 4) is 0 Å². The lowest BCUT2D eigenvalue weighted by molar-refractivity contribution is 0.0973. The van der Waals surface area contributed by atoms with Crippen molar-refractivity contribution in [2.24, 2.45) is 5.92 Å². The summed E-state index contributed by atoms with van der Waals surface area (Å²) in [4.78, 5) is 38.3. The Hall–Kier alpha value is -3.40. The second-order valence-corrected chi connectivity index (χ2v) is 12.5. The maximum Gasteiger partial charge on any atom is 0.409 e. The number of fused-ring (bicyclic) bond motifs is 1. The summed E-state index contributed by atoms with van der Waals surface area (Å²) in [6, 6.07) is 3.73. The zero-order valence-electron chi connectivity index (χ0n) is 26.0. The predicted molar refractivity (Wildman–Crippen MR) is 167 cm³/mol. The van der Waals surface area contributed by atoms with Gasteiger partial charge in [0.15, 0.2) is 0 Å². The molecule has 0 bridgehead atoms. The van der Waals surface area contributed by atoms with E-state index in [1.54, 1.807) is 17.0 Å². The molecular weight excluding hydrogens is 549 g/mol. The summed E-state index contributed by atoms with van der Waals surface area (Å²) < 4.78 is 21.0. The number of nitrogens with one attached hydrogen (secondary N) is 1. The first-order valence-electron chi connectivity index (χ1n) is 15.7. The van der Waals surface area contributed by atoms with Crippen molar-refractivity contribution in [3.63, 3.8) is 0 Å². The van der Waals surface area contributed by atoms with E-state index in [0.29, 0.717) is 56.5 Å². The third-order valence-corrected chi connectivity index (χ3v) is 9.89. The van der Waals surface area contributed by atoms with Crippen LogP contribution in [0.25, 0.3) is 0 Å². The summed E-state index contributed by atoms with van der Waals surface area (Å²) in [7, 11) is 3.37. The van der Waals surface area contributed by atoms with Gasteiger partial charge in [-0.15, -0.1) is 0 Å². The molecule has 2 aromatic rings. The number of aromatic amines is 1. The van der Waals surface area contributed by atoms with Crippen LogP contribution in [0.15, 0.2) is 29.1 Å². The molecule has 9 nitrogen and oxygen atoms in total. The van der Waals surface area contributed by atoms with Gasteiger partial charge in [0, 0.05) is 45.2 Å². The van der Waals surface area contributed by atoms with Crippen LogP contribution in [0.2, 0.25) is 0 Å². The van der Waals surface area contributed by atoms with E-state index >= 15 is 4.39 Å². The van der Waals surface area contributed by atoms with Crippen LogP contribution >= 0.6 is 0 Å². The van der Waals surface area contributed by atoms with Gasteiger partial charge in [0.05, 0.1) is 18.8 Å². The maximum absolute atomic E-state index is 16.1. The molecule has 3 aliphatic rings. The third-order valence-electron chi connectivity index (χ3n) is 9.89. The van der Waals surface area contributed by atoms with Crippen molar-refractivity contribution >= 4 is 17.9 Å². The van der Waals surface area contributed by atoms with Gasteiger partial charge in [-0.3, -0.25) is 9.78 Å². The molecule has 0 spiro atoms. The normalized spacial score (nSPS) is 19.9. The summed E-state index contributed by atoms with van der Waals surface area (Å²) in [5.41, 5.74) is 2.25. The first-order valence-corrected chi connectivity index (χ1v) is 15.7. The van der Waals surface area contributed by atoms with Gasteiger partial charge < -0.3 is 24.5 Å². The minimum absolute atomic E-state index is 0.0937. The summed E-state index contributed by atoms with van der Waals surface area (Å²) in [6.07, 6.45) is 8.71. The Morgan fingerprint density at radius 1 is 1.23 bits per heavy atom. The van der Waals surface area contributed by atoms with E-state index < -0.39 is 11.5 Å².